The Hall–Kier alpha value is -2.11. The first-order valence-corrected chi connectivity index (χ1v) is 5.58. The van der Waals surface area contributed by atoms with Gasteiger partial charge >= 0.3 is 12.0 Å². The van der Waals surface area contributed by atoms with Crippen LogP contribution in [0.1, 0.15) is 24.2 Å². The van der Waals surface area contributed by atoms with Crippen molar-refractivity contribution in [3.8, 4) is 0 Å². The molecule has 1 aromatic carbocycles. The van der Waals surface area contributed by atoms with Crippen molar-refractivity contribution in [2.45, 2.75) is 13.8 Å². The Balaban J connectivity index is 2.97. The number of aromatic carboxylic acids is 1. The topological polar surface area (TPSA) is 69.6 Å². The van der Waals surface area contributed by atoms with Gasteiger partial charge in [0.15, 0.2) is 0 Å². The Labute approximate surface area is 104 Å². The van der Waals surface area contributed by atoms with Crippen LogP contribution in [0.15, 0.2) is 18.2 Å². The van der Waals surface area contributed by atoms with Gasteiger partial charge in [-0.15, -0.1) is 0 Å². The lowest BCUT2D eigenvalue weighted by molar-refractivity contribution is 0.0697. The second-order valence-corrected chi connectivity index (χ2v) is 3.60. The minimum atomic E-state index is -1.29. The summed E-state index contributed by atoms with van der Waals surface area (Å²) in [7, 11) is 0. The zero-order chi connectivity index (χ0) is 13.7. The van der Waals surface area contributed by atoms with Gasteiger partial charge in [0.05, 0.1) is 11.3 Å². The molecule has 0 aliphatic heterocycles. The highest BCUT2D eigenvalue weighted by molar-refractivity contribution is 5.99. The van der Waals surface area contributed by atoms with Crippen LogP contribution in [-0.2, 0) is 0 Å². The molecule has 0 spiro atoms. The van der Waals surface area contributed by atoms with Crippen molar-refractivity contribution < 1.29 is 19.1 Å². The molecule has 0 unspecified atom stereocenters. The largest absolute Gasteiger partial charge is 0.478 e. The molecule has 1 aromatic rings. The highest BCUT2D eigenvalue weighted by atomic mass is 19.1. The van der Waals surface area contributed by atoms with Gasteiger partial charge in [0.25, 0.3) is 0 Å². The SMILES string of the molecule is CCN(CC)C(=O)Nc1ccc(F)cc1C(=O)O. The molecule has 0 aliphatic carbocycles. The van der Waals surface area contributed by atoms with Gasteiger partial charge in [0.2, 0.25) is 0 Å². The van der Waals surface area contributed by atoms with Gasteiger partial charge in [-0.2, -0.15) is 0 Å². The summed E-state index contributed by atoms with van der Waals surface area (Å²) in [6.07, 6.45) is 0. The molecule has 98 valence electrons. The van der Waals surface area contributed by atoms with Crippen LogP contribution < -0.4 is 5.32 Å². The number of nitrogens with one attached hydrogen (secondary N) is 1. The van der Waals surface area contributed by atoms with Crippen LogP contribution in [0, 0.1) is 5.82 Å². The van der Waals surface area contributed by atoms with Crippen molar-refractivity contribution >= 4 is 17.7 Å². The van der Waals surface area contributed by atoms with E-state index in [1.165, 1.54) is 11.0 Å². The number of nitrogens with zero attached hydrogens (tertiary/aromatic N) is 1. The van der Waals surface area contributed by atoms with Crippen molar-refractivity contribution in [3.05, 3.63) is 29.6 Å². The molecule has 5 nitrogen and oxygen atoms in total. The number of hydrogen-bond donors (Lipinski definition) is 2. The molecular weight excluding hydrogens is 239 g/mol. The predicted molar refractivity (Wildman–Crippen MR) is 65.3 cm³/mol. The Morgan fingerprint density at radius 1 is 1.33 bits per heavy atom. The highest BCUT2D eigenvalue weighted by Crippen LogP contribution is 2.17. The third-order valence-electron chi connectivity index (χ3n) is 2.50. The number of carbonyl (C=O) groups excluding carboxylic acids is 1. The fourth-order valence-electron chi connectivity index (χ4n) is 1.51. The summed E-state index contributed by atoms with van der Waals surface area (Å²) in [6.45, 7) is 4.63. The van der Waals surface area contributed by atoms with Crippen LogP contribution >= 0.6 is 0 Å². The van der Waals surface area contributed by atoms with E-state index >= 15 is 0 Å². The number of hydrogen-bond acceptors (Lipinski definition) is 2. The lowest BCUT2D eigenvalue weighted by Gasteiger charge is -2.19. The van der Waals surface area contributed by atoms with Gasteiger partial charge in [0.1, 0.15) is 5.82 Å². The normalized spacial score (nSPS) is 9.94. The van der Waals surface area contributed by atoms with Crippen LogP contribution in [0.3, 0.4) is 0 Å². The van der Waals surface area contributed by atoms with Gasteiger partial charge < -0.3 is 15.3 Å². The van der Waals surface area contributed by atoms with Gasteiger partial charge in [-0.25, -0.2) is 14.0 Å². The maximum atomic E-state index is 12.9. The molecule has 0 saturated heterocycles. The van der Waals surface area contributed by atoms with Crippen molar-refractivity contribution in [3.63, 3.8) is 0 Å². The molecule has 0 aliphatic rings. The summed E-state index contributed by atoms with van der Waals surface area (Å²) < 4.78 is 12.9. The predicted octanol–water partition coefficient (Wildman–Crippen LogP) is 2.40. The van der Waals surface area contributed by atoms with Crippen LogP contribution in [0.25, 0.3) is 0 Å². The number of urea groups is 1. The molecular formula is C12H15FN2O3. The fraction of sp³-hybridized carbons (Fsp3) is 0.333. The Bertz CT molecular complexity index is 459. The van der Waals surface area contributed by atoms with E-state index in [0.717, 1.165) is 12.1 Å². The number of carboxylic acids is 1. The molecule has 18 heavy (non-hydrogen) atoms. The minimum Gasteiger partial charge on any atom is -0.478 e. The van der Waals surface area contributed by atoms with Crippen molar-refractivity contribution in [1.29, 1.82) is 0 Å². The fourth-order valence-corrected chi connectivity index (χ4v) is 1.51. The van der Waals surface area contributed by atoms with Crippen molar-refractivity contribution in [1.82, 2.24) is 4.90 Å². The Morgan fingerprint density at radius 3 is 2.44 bits per heavy atom. The second-order valence-electron chi connectivity index (χ2n) is 3.60. The van der Waals surface area contributed by atoms with Crippen LogP contribution in [-0.4, -0.2) is 35.1 Å². The zero-order valence-electron chi connectivity index (χ0n) is 10.2. The average Bonchev–Trinajstić information content (AvgIpc) is 2.32. The lowest BCUT2D eigenvalue weighted by Crippen LogP contribution is -2.34. The van der Waals surface area contributed by atoms with Crippen molar-refractivity contribution in [2.24, 2.45) is 0 Å². The first-order valence-electron chi connectivity index (χ1n) is 5.58. The lowest BCUT2D eigenvalue weighted by atomic mass is 10.1. The first kappa shape index (κ1) is 14.0. The van der Waals surface area contributed by atoms with Crippen LogP contribution in [0.4, 0.5) is 14.9 Å². The summed E-state index contributed by atoms with van der Waals surface area (Å²) in [4.78, 5) is 24.2. The summed E-state index contributed by atoms with van der Waals surface area (Å²) >= 11 is 0. The molecule has 0 heterocycles. The van der Waals surface area contributed by atoms with Gasteiger partial charge in [-0.05, 0) is 32.0 Å². The summed E-state index contributed by atoms with van der Waals surface area (Å²) in [6, 6.07) is 2.80. The van der Waals surface area contributed by atoms with E-state index in [2.05, 4.69) is 5.32 Å². The summed E-state index contributed by atoms with van der Waals surface area (Å²) in [5.41, 5.74) is -0.184. The molecule has 0 atom stereocenters. The molecule has 0 radical (unpaired) electrons. The third kappa shape index (κ3) is 3.19. The number of carbonyl (C=O) groups is 2. The molecule has 2 N–H and O–H groups in total. The number of benzene rings is 1. The van der Waals surface area contributed by atoms with E-state index in [0.29, 0.717) is 13.1 Å². The number of carboxylic acid groups (broad SMARTS) is 1. The van der Waals surface area contributed by atoms with E-state index in [9.17, 15) is 14.0 Å². The molecule has 0 aromatic heterocycles. The summed E-state index contributed by atoms with van der Waals surface area (Å²) in [5.74, 6) is -1.95. The smallest absolute Gasteiger partial charge is 0.337 e. The Morgan fingerprint density at radius 2 is 1.94 bits per heavy atom. The first-order chi connectivity index (χ1) is 8.49. The number of anilines is 1. The van der Waals surface area contributed by atoms with E-state index in [-0.39, 0.29) is 11.3 Å². The average molecular weight is 254 g/mol. The Kier molecular flexibility index (Phi) is 4.65. The highest BCUT2D eigenvalue weighted by Gasteiger charge is 2.15. The molecule has 0 saturated carbocycles. The quantitative estimate of drug-likeness (QED) is 0.866. The van der Waals surface area contributed by atoms with Gasteiger partial charge in [-0.3, -0.25) is 0 Å². The molecule has 1 rings (SSSR count). The van der Waals surface area contributed by atoms with Gasteiger partial charge in [0, 0.05) is 13.1 Å². The van der Waals surface area contributed by atoms with E-state index in [1.54, 1.807) is 0 Å². The molecule has 0 fully saturated rings. The zero-order valence-corrected chi connectivity index (χ0v) is 10.2. The van der Waals surface area contributed by atoms with E-state index < -0.39 is 17.8 Å². The standard InChI is InChI=1S/C12H15FN2O3/c1-3-15(4-2)12(18)14-10-6-5-8(13)7-9(10)11(16)17/h5-7H,3-4H2,1-2H3,(H,14,18)(H,16,17). The minimum absolute atomic E-state index is 0.0841. The molecule has 2 amide bonds. The van der Waals surface area contributed by atoms with E-state index in [4.69, 9.17) is 5.11 Å². The maximum absolute atomic E-state index is 12.9. The number of amides is 2. The number of rotatable bonds is 4. The summed E-state index contributed by atoms with van der Waals surface area (Å²) in [5, 5.41) is 11.4. The van der Waals surface area contributed by atoms with E-state index in [1.807, 2.05) is 13.8 Å². The third-order valence-corrected chi connectivity index (χ3v) is 2.50. The molecule has 6 heteroatoms. The van der Waals surface area contributed by atoms with Gasteiger partial charge in [-0.1, -0.05) is 0 Å². The molecule has 0 bridgehead atoms. The number of halogens is 1. The second kappa shape index (κ2) is 6.00. The maximum Gasteiger partial charge on any atom is 0.337 e. The monoisotopic (exact) mass is 254 g/mol. The van der Waals surface area contributed by atoms with Crippen LogP contribution in [0.2, 0.25) is 0 Å². The van der Waals surface area contributed by atoms with Crippen molar-refractivity contribution in [2.75, 3.05) is 18.4 Å². The van der Waals surface area contributed by atoms with Crippen LogP contribution in [0.5, 0.6) is 0 Å².